The lowest BCUT2D eigenvalue weighted by atomic mass is 9.83. The van der Waals surface area contributed by atoms with Gasteiger partial charge in [-0.25, -0.2) is 8.78 Å². The van der Waals surface area contributed by atoms with Crippen LogP contribution in [-0.2, 0) is 25.5 Å². The van der Waals surface area contributed by atoms with Crippen molar-refractivity contribution >= 4 is 22.7 Å². The van der Waals surface area contributed by atoms with Gasteiger partial charge >= 0.3 is 0 Å². The maximum atomic E-state index is 14.1. The van der Waals surface area contributed by atoms with E-state index in [2.05, 4.69) is 0 Å². The van der Waals surface area contributed by atoms with Crippen molar-refractivity contribution in [1.29, 1.82) is 0 Å². The highest BCUT2D eigenvalue weighted by Gasteiger charge is 2.33. The third kappa shape index (κ3) is 8.23. The summed E-state index contributed by atoms with van der Waals surface area (Å²) in [7, 11) is 0. The van der Waals surface area contributed by atoms with Gasteiger partial charge in [0.05, 0.1) is 57.8 Å². The number of aliphatic hydroxyl groups excluding tert-OH is 1. The Morgan fingerprint density at radius 3 is 2.10 bits per heavy atom. The third-order valence-electron chi connectivity index (χ3n) is 7.92. The number of hydrogen-bond acceptors (Lipinski definition) is 7. The highest BCUT2D eigenvalue weighted by molar-refractivity contribution is 5.99. The Hall–Kier alpha value is -2.64. The molecule has 2 aliphatic rings. The van der Waals surface area contributed by atoms with E-state index in [1.165, 1.54) is 6.42 Å². The van der Waals surface area contributed by atoms with Crippen LogP contribution in [0.25, 0.3) is 10.9 Å². The van der Waals surface area contributed by atoms with Gasteiger partial charge in [0, 0.05) is 44.2 Å². The number of amides is 2. The van der Waals surface area contributed by atoms with Crippen LogP contribution < -0.4 is 5.73 Å². The first-order chi connectivity index (χ1) is 19.9. The molecule has 0 spiro atoms. The van der Waals surface area contributed by atoms with Crippen LogP contribution in [0.5, 0.6) is 0 Å². The van der Waals surface area contributed by atoms with E-state index in [9.17, 15) is 18.4 Å². The number of carbonyl (C=O) groups excluding carboxylic acids is 2. The summed E-state index contributed by atoms with van der Waals surface area (Å²) in [5.41, 5.74) is 7.05. The fourth-order valence-electron chi connectivity index (χ4n) is 5.63. The van der Waals surface area contributed by atoms with E-state index in [1.54, 1.807) is 20.4 Å². The minimum atomic E-state index is -0.991. The van der Waals surface area contributed by atoms with Crippen molar-refractivity contribution in [2.24, 2.45) is 11.7 Å². The number of ether oxygens (including phenoxy) is 3. The molecule has 2 heterocycles. The SMILES string of the molecule is N[C@H](C(=O)N1CCN(C(=O)c2cc3cc(F)c(F)cc3n2CCOCCOCCOCCO)CC1)C1CCCCC1. The molecule has 1 aliphatic carbocycles. The van der Waals surface area contributed by atoms with Gasteiger partial charge in [0.25, 0.3) is 5.91 Å². The Bertz CT molecular complexity index is 1150. The fraction of sp³-hybridized carbons (Fsp3) is 0.655. The summed E-state index contributed by atoms with van der Waals surface area (Å²) in [4.78, 5) is 30.1. The Kier molecular flexibility index (Phi) is 11.9. The number of nitrogens with zero attached hydrogens (tertiary/aromatic N) is 3. The molecule has 2 amide bonds. The van der Waals surface area contributed by atoms with Gasteiger partial charge in [-0.05, 0) is 30.9 Å². The average molecular weight is 581 g/mol. The van der Waals surface area contributed by atoms with Gasteiger partial charge in [-0.1, -0.05) is 19.3 Å². The highest BCUT2D eigenvalue weighted by atomic mass is 19.2. The standard InChI is InChI=1S/C29H42F2N4O6/c30-23-18-22-19-26(35(25(22)20-24(23)31)10-12-39-14-16-41-17-15-40-13-11-36)28(37)33-6-8-34(9-7-33)29(38)27(32)21-4-2-1-3-5-21/h18-21,27,36H,1-17,32H2/t27-/m0/s1. The summed E-state index contributed by atoms with van der Waals surface area (Å²) in [5, 5.41) is 9.11. The molecule has 2 fully saturated rings. The van der Waals surface area contributed by atoms with Crippen LogP contribution in [0.1, 0.15) is 42.6 Å². The molecule has 1 aromatic carbocycles. The number of hydrogen-bond donors (Lipinski definition) is 2. The number of halogens is 2. The Morgan fingerprint density at radius 1 is 0.854 bits per heavy atom. The Labute approximate surface area is 239 Å². The number of nitrogens with two attached hydrogens (primary N) is 1. The van der Waals surface area contributed by atoms with Crippen molar-refractivity contribution in [3.8, 4) is 0 Å². The third-order valence-corrected chi connectivity index (χ3v) is 7.92. The van der Waals surface area contributed by atoms with E-state index >= 15 is 0 Å². The molecule has 1 saturated heterocycles. The molecule has 0 bridgehead atoms. The van der Waals surface area contributed by atoms with E-state index < -0.39 is 17.7 Å². The monoisotopic (exact) mass is 580 g/mol. The molecular formula is C29H42F2N4O6. The van der Waals surface area contributed by atoms with Crippen LogP contribution >= 0.6 is 0 Å². The lowest BCUT2D eigenvalue weighted by Crippen LogP contribution is -2.56. The smallest absolute Gasteiger partial charge is 0.270 e. The Balaban J connectivity index is 1.34. The lowest BCUT2D eigenvalue weighted by Gasteiger charge is -2.37. The second-order valence-electron chi connectivity index (χ2n) is 10.6. The number of aromatic nitrogens is 1. The zero-order chi connectivity index (χ0) is 29.2. The second-order valence-corrected chi connectivity index (χ2v) is 10.6. The van der Waals surface area contributed by atoms with Gasteiger partial charge in [0.2, 0.25) is 5.91 Å². The van der Waals surface area contributed by atoms with Gasteiger partial charge in [0.1, 0.15) is 5.69 Å². The first-order valence-corrected chi connectivity index (χ1v) is 14.6. The van der Waals surface area contributed by atoms with E-state index in [0.717, 1.165) is 37.8 Å². The summed E-state index contributed by atoms with van der Waals surface area (Å²) in [5.74, 6) is -2.08. The minimum Gasteiger partial charge on any atom is -0.394 e. The predicted molar refractivity (Wildman–Crippen MR) is 148 cm³/mol. The predicted octanol–water partition coefficient (Wildman–Crippen LogP) is 2.15. The lowest BCUT2D eigenvalue weighted by molar-refractivity contribution is -0.135. The van der Waals surface area contributed by atoms with Gasteiger partial charge in [-0.3, -0.25) is 9.59 Å². The zero-order valence-electron chi connectivity index (χ0n) is 23.6. The number of carbonyl (C=O) groups is 2. The van der Waals surface area contributed by atoms with Gasteiger partial charge < -0.3 is 39.4 Å². The first kappa shape index (κ1) is 31.3. The molecule has 1 atom stereocenters. The van der Waals surface area contributed by atoms with E-state index in [1.807, 2.05) is 0 Å². The summed E-state index contributed by atoms with van der Waals surface area (Å²) < 4.78 is 46.0. The molecule has 10 nitrogen and oxygen atoms in total. The molecule has 1 aliphatic heterocycles. The molecule has 41 heavy (non-hydrogen) atoms. The first-order valence-electron chi connectivity index (χ1n) is 14.6. The summed E-state index contributed by atoms with van der Waals surface area (Å²) in [6.07, 6.45) is 5.37. The van der Waals surface area contributed by atoms with E-state index in [-0.39, 0.29) is 44.1 Å². The minimum absolute atomic E-state index is 0.0385. The molecule has 0 radical (unpaired) electrons. The van der Waals surface area contributed by atoms with E-state index in [4.69, 9.17) is 25.1 Å². The number of rotatable bonds is 14. The van der Waals surface area contributed by atoms with Crippen LogP contribution in [-0.4, -0.2) is 110 Å². The maximum absolute atomic E-state index is 14.1. The Morgan fingerprint density at radius 2 is 1.44 bits per heavy atom. The van der Waals surface area contributed by atoms with Crippen LogP contribution in [0.15, 0.2) is 18.2 Å². The largest absolute Gasteiger partial charge is 0.394 e. The molecule has 1 aromatic heterocycles. The van der Waals surface area contributed by atoms with Gasteiger partial charge in [0.15, 0.2) is 11.6 Å². The number of fused-ring (bicyclic) bond motifs is 1. The fourth-order valence-corrected chi connectivity index (χ4v) is 5.63. The maximum Gasteiger partial charge on any atom is 0.270 e. The van der Waals surface area contributed by atoms with Crippen molar-refractivity contribution in [2.45, 2.75) is 44.7 Å². The average Bonchev–Trinajstić information content (AvgIpc) is 3.34. The van der Waals surface area contributed by atoms with Crippen molar-refractivity contribution in [1.82, 2.24) is 14.4 Å². The summed E-state index contributed by atoms with van der Waals surface area (Å²) >= 11 is 0. The number of piperazine rings is 1. The highest BCUT2D eigenvalue weighted by Crippen LogP contribution is 2.27. The molecule has 0 unspecified atom stereocenters. The zero-order valence-corrected chi connectivity index (χ0v) is 23.6. The molecule has 3 N–H and O–H groups in total. The topological polar surface area (TPSA) is 119 Å². The van der Waals surface area contributed by atoms with Crippen LogP contribution in [0.4, 0.5) is 8.78 Å². The van der Waals surface area contributed by atoms with Gasteiger partial charge in [-0.15, -0.1) is 0 Å². The molecular weight excluding hydrogens is 538 g/mol. The molecule has 12 heteroatoms. The van der Waals surface area contributed by atoms with Crippen molar-refractivity contribution in [2.75, 3.05) is 72.4 Å². The number of aliphatic hydroxyl groups is 1. The summed E-state index contributed by atoms with van der Waals surface area (Å²) in [6.45, 7) is 3.59. The van der Waals surface area contributed by atoms with Crippen molar-refractivity contribution < 1.29 is 37.7 Å². The molecule has 2 aromatic rings. The molecule has 228 valence electrons. The van der Waals surface area contributed by atoms with Crippen LogP contribution in [0, 0.1) is 17.6 Å². The van der Waals surface area contributed by atoms with E-state index in [0.29, 0.717) is 69.2 Å². The van der Waals surface area contributed by atoms with Crippen molar-refractivity contribution in [3.63, 3.8) is 0 Å². The van der Waals surface area contributed by atoms with Crippen molar-refractivity contribution in [3.05, 3.63) is 35.5 Å². The molecule has 1 saturated carbocycles. The number of benzene rings is 1. The quantitative estimate of drug-likeness (QED) is 0.329. The van der Waals surface area contributed by atoms with Gasteiger partial charge in [-0.2, -0.15) is 0 Å². The van der Waals surface area contributed by atoms with Crippen LogP contribution in [0.2, 0.25) is 0 Å². The normalized spacial score (nSPS) is 17.4. The molecule has 4 rings (SSSR count). The van der Waals surface area contributed by atoms with Crippen LogP contribution in [0.3, 0.4) is 0 Å². The summed E-state index contributed by atoms with van der Waals surface area (Å²) in [6, 6.07) is 3.26. The second kappa shape index (κ2) is 15.5.